The fourth-order valence-electron chi connectivity index (χ4n) is 7.61. The van der Waals surface area contributed by atoms with E-state index >= 15 is 0 Å². The van der Waals surface area contributed by atoms with Crippen LogP contribution >= 0.6 is 0 Å². The van der Waals surface area contributed by atoms with Crippen molar-refractivity contribution in [1.82, 2.24) is 0 Å². The van der Waals surface area contributed by atoms with Crippen molar-refractivity contribution < 1.29 is 27.4 Å². The van der Waals surface area contributed by atoms with Crippen molar-refractivity contribution in [3.8, 4) is 5.75 Å². The summed E-state index contributed by atoms with van der Waals surface area (Å²) < 4.78 is 37.6. The maximum absolute atomic E-state index is 11.6. The molecular weight excluding hydrogens is 572 g/mol. The highest BCUT2D eigenvalue weighted by molar-refractivity contribution is 7.81. The van der Waals surface area contributed by atoms with E-state index in [9.17, 15) is 23.2 Å². The summed E-state index contributed by atoms with van der Waals surface area (Å²) in [4.78, 5) is 0. The van der Waals surface area contributed by atoms with Gasteiger partial charge in [-0.2, -0.15) is 8.42 Å². The number of benzene rings is 1. The van der Waals surface area contributed by atoms with Crippen LogP contribution < -0.4 is 4.18 Å². The molecule has 0 heterocycles. The molecule has 2 aliphatic rings. The normalized spacial score (nSPS) is 26.5. The van der Waals surface area contributed by atoms with Gasteiger partial charge < -0.3 is 14.4 Å². The molecule has 0 saturated heterocycles. The summed E-state index contributed by atoms with van der Waals surface area (Å²) >= 11 is 0. The van der Waals surface area contributed by atoms with Gasteiger partial charge in [0.25, 0.3) is 0 Å². The van der Waals surface area contributed by atoms with Gasteiger partial charge in [-0.05, 0) is 140 Å². The molecular formula is C37H58O6S. The Hall–Kier alpha value is -1.93. The zero-order chi connectivity index (χ0) is 32.9. The van der Waals surface area contributed by atoms with Gasteiger partial charge in [0.05, 0.1) is 11.7 Å². The number of hydrogen-bond acceptors (Lipinski definition) is 5. The molecule has 6 nitrogen and oxygen atoms in total. The molecule has 0 aliphatic heterocycles. The van der Waals surface area contributed by atoms with Crippen LogP contribution in [0.25, 0.3) is 0 Å². The summed E-state index contributed by atoms with van der Waals surface area (Å²) in [6.07, 6.45) is 14.1. The number of allylic oxidation sites excluding steroid dienone is 6. The molecule has 0 amide bonds. The quantitative estimate of drug-likeness (QED) is 0.140. The molecule has 1 aromatic carbocycles. The molecule has 7 heteroatoms. The standard InChI is InChI=1S/C37H58O6S/c1-26(2)12-9-13-27(3)14-10-22-37(8,39)34(38)20-23-35(6)21-11-15-32-31(35)18-17-29(5)36(32,7)25-30-24-28(4)16-19-33(30)43-44(40,41)42/h12,14,16,19,24,29,34,38-39H,9-11,13,15,17-18,20-23,25H2,1-8H3,(H,40,41,42)/b27-14+. The Kier molecular flexibility index (Phi) is 12.2. The Bertz CT molecular complexity index is 1350. The fraction of sp³-hybridized carbons (Fsp3) is 0.676. The fourth-order valence-corrected chi connectivity index (χ4v) is 8.00. The average Bonchev–Trinajstić information content (AvgIpc) is 2.90. The van der Waals surface area contributed by atoms with Crippen LogP contribution in [0.2, 0.25) is 0 Å². The molecule has 0 radical (unpaired) electrons. The molecule has 1 aromatic rings. The minimum Gasteiger partial charge on any atom is -0.390 e. The van der Waals surface area contributed by atoms with Crippen molar-refractivity contribution in [3.05, 3.63) is 63.8 Å². The number of rotatable bonds is 14. The molecule has 3 rings (SSSR count). The third-order valence-electron chi connectivity index (χ3n) is 10.7. The summed E-state index contributed by atoms with van der Waals surface area (Å²) in [5.74, 6) is 0.564. The topological polar surface area (TPSA) is 104 Å². The predicted molar refractivity (Wildman–Crippen MR) is 180 cm³/mol. The predicted octanol–water partition coefficient (Wildman–Crippen LogP) is 9.01. The third-order valence-corrected chi connectivity index (χ3v) is 11.1. The van der Waals surface area contributed by atoms with Crippen LogP contribution in [-0.4, -0.2) is 34.9 Å². The van der Waals surface area contributed by atoms with E-state index in [-0.39, 0.29) is 16.6 Å². The Labute approximate surface area is 267 Å². The first-order valence-electron chi connectivity index (χ1n) is 16.6. The SMILES string of the molecule is CC(C)=CCC/C(C)=C/CCC(C)(O)C(O)CCC1(C)CCCC2=C1CCC(C)C2(C)Cc1cc(C)ccc1OS(=O)(=O)O. The van der Waals surface area contributed by atoms with E-state index < -0.39 is 22.1 Å². The molecule has 5 unspecified atom stereocenters. The van der Waals surface area contributed by atoms with Crippen molar-refractivity contribution in [2.75, 3.05) is 0 Å². The van der Waals surface area contributed by atoms with Crippen LogP contribution in [-0.2, 0) is 16.8 Å². The molecule has 0 fully saturated rings. The molecule has 5 atom stereocenters. The Morgan fingerprint density at radius 1 is 1.14 bits per heavy atom. The maximum atomic E-state index is 11.6. The van der Waals surface area contributed by atoms with Gasteiger partial charge in [0.15, 0.2) is 0 Å². The zero-order valence-electron chi connectivity index (χ0n) is 28.5. The second-order valence-corrected chi connectivity index (χ2v) is 15.9. The van der Waals surface area contributed by atoms with Gasteiger partial charge in [0, 0.05) is 0 Å². The first-order chi connectivity index (χ1) is 20.4. The largest absolute Gasteiger partial charge is 0.446 e. The molecule has 0 spiro atoms. The summed E-state index contributed by atoms with van der Waals surface area (Å²) in [6.45, 7) is 17.0. The van der Waals surface area contributed by atoms with Gasteiger partial charge >= 0.3 is 10.4 Å². The number of hydrogen-bond donors (Lipinski definition) is 3. The van der Waals surface area contributed by atoms with E-state index in [1.807, 2.05) is 13.0 Å². The Balaban J connectivity index is 1.77. The average molecular weight is 631 g/mol. The lowest BCUT2D eigenvalue weighted by atomic mass is 9.54. The molecule has 0 bridgehead atoms. The van der Waals surface area contributed by atoms with Gasteiger partial charge in [-0.15, -0.1) is 0 Å². The van der Waals surface area contributed by atoms with Crippen LogP contribution in [0.1, 0.15) is 130 Å². The van der Waals surface area contributed by atoms with E-state index in [2.05, 4.69) is 53.7 Å². The van der Waals surface area contributed by atoms with Gasteiger partial charge in [0.1, 0.15) is 5.75 Å². The van der Waals surface area contributed by atoms with E-state index in [4.69, 9.17) is 4.18 Å². The Morgan fingerprint density at radius 3 is 2.50 bits per heavy atom. The summed E-state index contributed by atoms with van der Waals surface area (Å²) in [6, 6.07) is 5.39. The highest BCUT2D eigenvalue weighted by Crippen LogP contribution is 2.58. The van der Waals surface area contributed by atoms with E-state index in [0.717, 1.165) is 68.9 Å². The highest BCUT2D eigenvalue weighted by Gasteiger charge is 2.46. The molecule has 44 heavy (non-hydrogen) atoms. The summed E-state index contributed by atoms with van der Waals surface area (Å²) in [5.41, 5.74) is 5.97. The van der Waals surface area contributed by atoms with Crippen molar-refractivity contribution in [2.45, 2.75) is 144 Å². The van der Waals surface area contributed by atoms with Gasteiger partial charge in [0.2, 0.25) is 0 Å². The second kappa shape index (κ2) is 14.7. The minimum absolute atomic E-state index is 0.0617. The van der Waals surface area contributed by atoms with E-state index in [0.29, 0.717) is 25.2 Å². The summed E-state index contributed by atoms with van der Waals surface area (Å²) in [7, 11) is -4.63. The van der Waals surface area contributed by atoms with E-state index in [1.54, 1.807) is 19.1 Å². The molecule has 0 saturated carbocycles. The number of aryl methyl sites for hydroxylation is 1. The van der Waals surface area contributed by atoms with Gasteiger partial charge in [-0.25, -0.2) is 0 Å². The highest BCUT2D eigenvalue weighted by atomic mass is 32.3. The van der Waals surface area contributed by atoms with Crippen LogP contribution in [0, 0.1) is 23.7 Å². The number of aliphatic hydroxyl groups excluding tert-OH is 1. The van der Waals surface area contributed by atoms with Crippen molar-refractivity contribution in [2.24, 2.45) is 16.7 Å². The second-order valence-electron chi connectivity index (χ2n) is 14.8. The van der Waals surface area contributed by atoms with Gasteiger partial charge in [-0.3, -0.25) is 4.55 Å². The van der Waals surface area contributed by atoms with E-state index in [1.165, 1.54) is 22.3 Å². The van der Waals surface area contributed by atoms with Crippen LogP contribution in [0.5, 0.6) is 5.75 Å². The zero-order valence-corrected chi connectivity index (χ0v) is 29.3. The molecule has 0 aromatic heterocycles. The van der Waals surface area contributed by atoms with Crippen LogP contribution in [0.15, 0.2) is 52.6 Å². The lowest BCUT2D eigenvalue weighted by Crippen LogP contribution is -2.42. The molecule has 248 valence electrons. The summed E-state index contributed by atoms with van der Waals surface area (Å²) in [5, 5.41) is 22.4. The van der Waals surface area contributed by atoms with Crippen molar-refractivity contribution in [3.63, 3.8) is 0 Å². The van der Waals surface area contributed by atoms with Crippen LogP contribution in [0.3, 0.4) is 0 Å². The maximum Gasteiger partial charge on any atom is 0.446 e. The van der Waals surface area contributed by atoms with Crippen molar-refractivity contribution in [1.29, 1.82) is 0 Å². The third kappa shape index (κ3) is 9.54. The molecule has 3 N–H and O–H groups in total. The smallest absolute Gasteiger partial charge is 0.390 e. The lowest BCUT2D eigenvalue weighted by Gasteiger charge is -2.51. The van der Waals surface area contributed by atoms with Gasteiger partial charge in [-0.1, -0.05) is 72.9 Å². The monoisotopic (exact) mass is 630 g/mol. The minimum atomic E-state index is -4.63. The molecule has 2 aliphatic carbocycles. The van der Waals surface area contributed by atoms with Crippen molar-refractivity contribution >= 4 is 10.4 Å². The Morgan fingerprint density at radius 2 is 1.84 bits per heavy atom. The lowest BCUT2D eigenvalue weighted by molar-refractivity contribution is -0.0733. The number of aliphatic hydroxyl groups is 2. The van der Waals surface area contributed by atoms with Crippen LogP contribution in [0.4, 0.5) is 0 Å². The first kappa shape index (κ1) is 36.5. The first-order valence-corrected chi connectivity index (χ1v) is 17.9.